The molecular formula is C21H27NO5. The van der Waals surface area contributed by atoms with Crippen molar-refractivity contribution >= 4 is 17.7 Å². The molecule has 0 unspecified atom stereocenters. The van der Waals surface area contributed by atoms with E-state index in [9.17, 15) is 14.4 Å². The van der Waals surface area contributed by atoms with Gasteiger partial charge in [-0.25, -0.2) is 0 Å². The molecule has 2 saturated heterocycles. The highest BCUT2D eigenvalue weighted by atomic mass is 16.5. The summed E-state index contributed by atoms with van der Waals surface area (Å²) in [6.45, 7) is 2.83. The fourth-order valence-electron chi connectivity index (χ4n) is 4.52. The summed E-state index contributed by atoms with van der Waals surface area (Å²) >= 11 is 0. The van der Waals surface area contributed by atoms with Crippen LogP contribution >= 0.6 is 0 Å². The molecule has 6 heteroatoms. The Kier molecular flexibility index (Phi) is 5.95. The smallest absolute Gasteiger partial charge is 0.321 e. The number of ether oxygens (including phenoxy) is 2. The quantitative estimate of drug-likeness (QED) is 0.540. The zero-order chi connectivity index (χ0) is 19.4. The van der Waals surface area contributed by atoms with Crippen LogP contribution in [0.25, 0.3) is 0 Å². The van der Waals surface area contributed by atoms with Crippen LogP contribution < -0.4 is 0 Å². The summed E-state index contributed by atoms with van der Waals surface area (Å²) in [4.78, 5) is 40.5. The SMILES string of the molecule is CCCOC(=O)C[C@@]1(C(=O)OC)C(=O)C[C@H]2CC[C@@H]1N2Cc1ccccc1. The van der Waals surface area contributed by atoms with Crippen LogP contribution in [-0.2, 0) is 30.4 Å². The van der Waals surface area contributed by atoms with E-state index in [4.69, 9.17) is 9.47 Å². The van der Waals surface area contributed by atoms with Gasteiger partial charge in [0.25, 0.3) is 0 Å². The molecule has 2 aliphatic rings. The molecule has 2 fully saturated rings. The number of benzene rings is 1. The van der Waals surface area contributed by atoms with Crippen molar-refractivity contribution in [3.8, 4) is 0 Å². The molecule has 2 bridgehead atoms. The molecule has 2 aliphatic heterocycles. The standard InChI is InChI=1S/C21H27NO5/c1-3-11-27-19(24)13-21(20(25)26-2)17-10-9-16(12-18(21)23)22(17)14-15-7-5-4-6-8-15/h4-8,16-17H,3,9-14H2,1-2H3/t16-,17+,21+/m1/s1. The Morgan fingerprint density at radius 3 is 2.63 bits per heavy atom. The van der Waals surface area contributed by atoms with Crippen molar-refractivity contribution in [3.05, 3.63) is 35.9 Å². The van der Waals surface area contributed by atoms with Gasteiger partial charge >= 0.3 is 11.9 Å². The number of ketones is 1. The van der Waals surface area contributed by atoms with E-state index in [1.807, 2.05) is 37.3 Å². The minimum Gasteiger partial charge on any atom is -0.468 e. The van der Waals surface area contributed by atoms with E-state index in [1.54, 1.807) is 0 Å². The summed E-state index contributed by atoms with van der Waals surface area (Å²) in [6.07, 6.45) is 2.24. The van der Waals surface area contributed by atoms with E-state index in [1.165, 1.54) is 7.11 Å². The Hall–Kier alpha value is -2.21. The monoisotopic (exact) mass is 373 g/mol. The van der Waals surface area contributed by atoms with Crippen molar-refractivity contribution in [2.75, 3.05) is 13.7 Å². The molecule has 2 heterocycles. The first kappa shape index (κ1) is 19.5. The van der Waals surface area contributed by atoms with Crippen molar-refractivity contribution in [2.45, 2.75) is 57.7 Å². The molecule has 0 saturated carbocycles. The molecule has 0 aliphatic carbocycles. The van der Waals surface area contributed by atoms with Crippen LogP contribution in [0, 0.1) is 5.41 Å². The summed E-state index contributed by atoms with van der Waals surface area (Å²) in [5, 5.41) is 0. The van der Waals surface area contributed by atoms with Crippen LogP contribution in [0.5, 0.6) is 0 Å². The van der Waals surface area contributed by atoms with Gasteiger partial charge in [-0.3, -0.25) is 19.3 Å². The fraction of sp³-hybridized carbons (Fsp3) is 0.571. The number of esters is 2. The highest BCUT2D eigenvalue weighted by molar-refractivity contribution is 6.08. The molecule has 1 aromatic carbocycles. The third-order valence-corrected chi connectivity index (χ3v) is 5.78. The van der Waals surface area contributed by atoms with Crippen LogP contribution in [0.1, 0.15) is 44.6 Å². The lowest BCUT2D eigenvalue weighted by Crippen LogP contribution is -2.61. The Labute approximate surface area is 159 Å². The van der Waals surface area contributed by atoms with Crippen LogP contribution in [0.15, 0.2) is 30.3 Å². The van der Waals surface area contributed by atoms with Crippen molar-refractivity contribution in [1.82, 2.24) is 4.90 Å². The van der Waals surface area contributed by atoms with Crippen LogP contribution in [0.4, 0.5) is 0 Å². The minimum atomic E-state index is -1.47. The van der Waals surface area contributed by atoms with E-state index in [2.05, 4.69) is 4.90 Å². The highest BCUT2D eigenvalue weighted by Gasteiger charge is 2.62. The molecule has 3 atom stereocenters. The van der Waals surface area contributed by atoms with E-state index < -0.39 is 17.4 Å². The number of piperidine rings is 1. The maximum atomic E-state index is 13.0. The lowest BCUT2D eigenvalue weighted by molar-refractivity contribution is -0.173. The zero-order valence-corrected chi connectivity index (χ0v) is 16.0. The number of fused-ring (bicyclic) bond motifs is 2. The highest BCUT2D eigenvalue weighted by Crippen LogP contribution is 2.48. The van der Waals surface area contributed by atoms with Gasteiger partial charge in [-0.2, -0.15) is 0 Å². The largest absolute Gasteiger partial charge is 0.468 e. The first-order valence-electron chi connectivity index (χ1n) is 9.60. The third kappa shape index (κ3) is 3.63. The first-order chi connectivity index (χ1) is 13.0. The number of methoxy groups -OCH3 is 1. The topological polar surface area (TPSA) is 72.9 Å². The lowest BCUT2D eigenvalue weighted by Gasteiger charge is -2.45. The van der Waals surface area contributed by atoms with Crippen LogP contribution in [0.2, 0.25) is 0 Å². The second kappa shape index (κ2) is 8.21. The molecular weight excluding hydrogens is 346 g/mol. The minimum absolute atomic E-state index is 0.104. The van der Waals surface area contributed by atoms with Crippen LogP contribution in [0.3, 0.4) is 0 Å². The van der Waals surface area contributed by atoms with Crippen molar-refractivity contribution in [1.29, 1.82) is 0 Å². The number of hydrogen-bond donors (Lipinski definition) is 0. The molecule has 146 valence electrons. The number of carbonyl (C=O) groups is 3. The number of Topliss-reactive ketones (excluding diaryl/α,β-unsaturated/α-hetero) is 1. The summed E-state index contributed by atoms with van der Waals surface area (Å²) in [5.74, 6) is -1.33. The maximum Gasteiger partial charge on any atom is 0.321 e. The molecule has 0 spiro atoms. The van der Waals surface area contributed by atoms with Gasteiger partial charge in [0.1, 0.15) is 0 Å². The second-order valence-electron chi connectivity index (χ2n) is 7.39. The molecule has 27 heavy (non-hydrogen) atoms. The van der Waals surface area contributed by atoms with Gasteiger partial charge < -0.3 is 9.47 Å². The second-order valence-corrected chi connectivity index (χ2v) is 7.39. The maximum absolute atomic E-state index is 13.0. The molecule has 0 N–H and O–H groups in total. The molecule has 1 aromatic rings. The molecule has 0 radical (unpaired) electrons. The van der Waals surface area contributed by atoms with Gasteiger partial charge in [-0.05, 0) is 24.8 Å². The van der Waals surface area contributed by atoms with Crippen LogP contribution in [-0.4, -0.2) is 48.4 Å². The van der Waals surface area contributed by atoms with Crippen molar-refractivity contribution in [3.63, 3.8) is 0 Å². The van der Waals surface area contributed by atoms with E-state index in [-0.39, 0.29) is 37.3 Å². The first-order valence-corrected chi connectivity index (χ1v) is 9.60. The van der Waals surface area contributed by atoms with Crippen molar-refractivity contribution in [2.24, 2.45) is 5.41 Å². The van der Waals surface area contributed by atoms with Gasteiger partial charge in [-0.15, -0.1) is 0 Å². The van der Waals surface area contributed by atoms with Gasteiger partial charge in [0.05, 0.1) is 20.1 Å². The van der Waals surface area contributed by atoms with Gasteiger partial charge in [0, 0.05) is 25.0 Å². The summed E-state index contributed by atoms with van der Waals surface area (Å²) in [6, 6.07) is 9.73. The number of rotatable bonds is 7. The Bertz CT molecular complexity index is 704. The van der Waals surface area contributed by atoms with E-state index >= 15 is 0 Å². The van der Waals surface area contributed by atoms with Gasteiger partial charge in [0.2, 0.25) is 0 Å². The number of nitrogens with zero attached hydrogens (tertiary/aromatic N) is 1. The normalized spacial score (nSPS) is 27.4. The number of hydrogen-bond acceptors (Lipinski definition) is 6. The summed E-state index contributed by atoms with van der Waals surface area (Å²) in [5.41, 5.74) is -0.350. The predicted octanol–water partition coefficient (Wildman–Crippen LogP) is 2.50. The average molecular weight is 373 g/mol. The molecule has 3 rings (SSSR count). The Balaban J connectivity index is 1.91. The Morgan fingerprint density at radius 2 is 1.96 bits per heavy atom. The third-order valence-electron chi connectivity index (χ3n) is 5.78. The molecule has 0 amide bonds. The van der Waals surface area contributed by atoms with Gasteiger partial charge in [-0.1, -0.05) is 37.3 Å². The van der Waals surface area contributed by atoms with Gasteiger partial charge in [0.15, 0.2) is 11.2 Å². The predicted molar refractivity (Wildman–Crippen MR) is 98.7 cm³/mol. The fourth-order valence-corrected chi connectivity index (χ4v) is 4.52. The molecule has 6 nitrogen and oxygen atoms in total. The van der Waals surface area contributed by atoms with E-state index in [0.717, 1.165) is 12.0 Å². The van der Waals surface area contributed by atoms with Crippen molar-refractivity contribution < 1.29 is 23.9 Å². The summed E-state index contributed by atoms with van der Waals surface area (Å²) in [7, 11) is 1.28. The lowest BCUT2D eigenvalue weighted by atomic mass is 9.70. The molecule has 0 aromatic heterocycles. The zero-order valence-electron chi connectivity index (χ0n) is 16.0. The van der Waals surface area contributed by atoms with E-state index in [0.29, 0.717) is 19.4 Å². The Morgan fingerprint density at radius 1 is 1.22 bits per heavy atom. The average Bonchev–Trinajstić information content (AvgIpc) is 2.99. The number of carbonyl (C=O) groups excluding carboxylic acids is 3. The summed E-state index contributed by atoms with van der Waals surface area (Å²) < 4.78 is 10.2.